The van der Waals surface area contributed by atoms with Crippen LogP contribution in [0.15, 0.2) is 59.5 Å². The maximum atomic E-state index is 13.9. The zero-order valence-corrected chi connectivity index (χ0v) is 19.3. The number of alkyl halides is 3. The third kappa shape index (κ3) is 4.17. The number of aryl methyl sites for hydroxylation is 1. The third-order valence-corrected chi connectivity index (χ3v) is 8.34. The minimum atomic E-state index is -5.01. The third-order valence-electron chi connectivity index (χ3n) is 4.82. The van der Waals surface area contributed by atoms with Crippen LogP contribution < -0.4 is 4.31 Å². The number of halogens is 5. The van der Waals surface area contributed by atoms with E-state index in [9.17, 15) is 26.7 Å². The van der Waals surface area contributed by atoms with E-state index in [1.54, 1.807) is 0 Å². The van der Waals surface area contributed by atoms with E-state index in [1.165, 1.54) is 56.4 Å². The summed E-state index contributed by atoms with van der Waals surface area (Å²) in [7, 11) is -2.85. The summed E-state index contributed by atoms with van der Waals surface area (Å²) in [5, 5.41) is 10.7. The monoisotopic (exact) mass is 509 g/mol. The number of anilines is 1. The average molecular weight is 510 g/mol. The number of rotatable bonds is 5. The second kappa shape index (κ2) is 8.29. The number of sulfonamides is 1. The molecule has 3 rings (SSSR count). The van der Waals surface area contributed by atoms with Crippen LogP contribution >= 0.6 is 34.5 Å². The van der Waals surface area contributed by atoms with Crippen molar-refractivity contribution < 1.29 is 26.7 Å². The summed E-state index contributed by atoms with van der Waals surface area (Å²) >= 11 is 12.7. The van der Waals surface area contributed by atoms with Gasteiger partial charge in [-0.15, -0.1) is 11.3 Å². The van der Waals surface area contributed by atoms with Gasteiger partial charge in [0.15, 0.2) is 0 Å². The SMILES string of the molecule is Cc1cc(C(O)(c2ccccc2)C(F)(F)F)ccc1N(C)S(=O)(=O)c1cc(Cl)sc1Cl. The van der Waals surface area contributed by atoms with Crippen molar-refractivity contribution in [2.24, 2.45) is 0 Å². The van der Waals surface area contributed by atoms with E-state index >= 15 is 0 Å². The number of hydrogen-bond acceptors (Lipinski definition) is 4. The first-order valence-electron chi connectivity index (χ1n) is 8.69. The highest BCUT2D eigenvalue weighted by Crippen LogP contribution is 2.45. The predicted molar refractivity (Wildman–Crippen MR) is 117 cm³/mol. The summed E-state index contributed by atoms with van der Waals surface area (Å²) in [5.41, 5.74) is -3.72. The van der Waals surface area contributed by atoms with Crippen molar-refractivity contribution in [2.75, 3.05) is 11.4 Å². The second-order valence-corrected chi connectivity index (χ2v) is 11.0. The molecule has 31 heavy (non-hydrogen) atoms. The molecule has 0 bridgehead atoms. The Labute approximate surface area is 191 Å². The zero-order chi connectivity index (χ0) is 23.2. The van der Waals surface area contributed by atoms with E-state index in [-0.39, 0.29) is 30.4 Å². The maximum Gasteiger partial charge on any atom is 0.425 e. The van der Waals surface area contributed by atoms with E-state index < -0.39 is 27.4 Å². The van der Waals surface area contributed by atoms with Crippen LogP contribution in [-0.2, 0) is 15.6 Å². The van der Waals surface area contributed by atoms with Crippen molar-refractivity contribution in [3.8, 4) is 0 Å². The number of hydrogen-bond donors (Lipinski definition) is 1. The first-order chi connectivity index (χ1) is 14.3. The molecule has 0 spiro atoms. The largest absolute Gasteiger partial charge is 0.425 e. The van der Waals surface area contributed by atoms with Crippen molar-refractivity contribution in [1.29, 1.82) is 0 Å². The molecule has 1 atom stereocenters. The fourth-order valence-electron chi connectivity index (χ4n) is 3.19. The molecule has 1 unspecified atom stereocenters. The van der Waals surface area contributed by atoms with Gasteiger partial charge in [-0.2, -0.15) is 13.2 Å². The molecular formula is C20H16Cl2F3NO3S2. The van der Waals surface area contributed by atoms with Crippen LogP contribution in [0.1, 0.15) is 16.7 Å². The van der Waals surface area contributed by atoms with Gasteiger partial charge in [0.1, 0.15) is 9.23 Å². The molecule has 3 aromatic rings. The number of aliphatic hydroxyl groups is 1. The van der Waals surface area contributed by atoms with E-state index in [2.05, 4.69) is 0 Å². The lowest BCUT2D eigenvalue weighted by Gasteiger charge is -2.32. The van der Waals surface area contributed by atoms with Gasteiger partial charge >= 0.3 is 6.18 Å². The molecule has 11 heteroatoms. The van der Waals surface area contributed by atoms with Crippen LogP contribution in [0.25, 0.3) is 0 Å². The molecule has 1 heterocycles. The second-order valence-electron chi connectivity index (χ2n) is 6.74. The van der Waals surface area contributed by atoms with Crippen LogP contribution in [0.2, 0.25) is 8.67 Å². The van der Waals surface area contributed by atoms with Gasteiger partial charge in [-0.1, -0.05) is 65.7 Å². The fourth-order valence-corrected chi connectivity index (χ4v) is 6.56. The van der Waals surface area contributed by atoms with Crippen LogP contribution in [0.5, 0.6) is 0 Å². The first-order valence-corrected chi connectivity index (χ1v) is 11.7. The van der Waals surface area contributed by atoms with E-state index in [1.807, 2.05) is 0 Å². The highest BCUT2D eigenvalue weighted by Gasteiger charge is 2.56. The Morgan fingerprint density at radius 2 is 1.61 bits per heavy atom. The van der Waals surface area contributed by atoms with Gasteiger partial charge in [0.25, 0.3) is 10.0 Å². The summed E-state index contributed by atoms with van der Waals surface area (Å²) in [6, 6.07) is 11.3. The summed E-state index contributed by atoms with van der Waals surface area (Å²) in [4.78, 5) is -0.203. The predicted octanol–water partition coefficient (Wildman–Crippen LogP) is 5.99. The van der Waals surface area contributed by atoms with Gasteiger partial charge in [0.2, 0.25) is 5.60 Å². The van der Waals surface area contributed by atoms with Crippen LogP contribution in [0.3, 0.4) is 0 Å². The number of nitrogens with zero attached hydrogens (tertiary/aromatic N) is 1. The Hall–Kier alpha value is -1.78. The Morgan fingerprint density at radius 3 is 2.10 bits per heavy atom. The maximum absolute atomic E-state index is 13.9. The smallest absolute Gasteiger partial charge is 0.372 e. The summed E-state index contributed by atoms with van der Waals surface area (Å²) < 4.78 is 68.8. The van der Waals surface area contributed by atoms with Crippen molar-refractivity contribution in [2.45, 2.75) is 23.6 Å². The molecule has 166 valence electrons. The standard InChI is InChI=1S/C20H16Cl2F3NO3S2/c1-12-10-14(19(27,20(23,24)25)13-6-4-3-5-7-13)8-9-15(12)26(2)31(28,29)16-11-17(21)30-18(16)22/h3-11,27H,1-2H3. The lowest BCUT2D eigenvalue weighted by molar-refractivity contribution is -0.248. The summed E-state index contributed by atoms with van der Waals surface area (Å²) in [5.74, 6) is 0. The van der Waals surface area contributed by atoms with Gasteiger partial charge in [0.05, 0.1) is 10.0 Å². The molecule has 1 aromatic heterocycles. The minimum Gasteiger partial charge on any atom is -0.372 e. The van der Waals surface area contributed by atoms with E-state index in [0.29, 0.717) is 0 Å². The van der Waals surface area contributed by atoms with Gasteiger partial charge in [-0.3, -0.25) is 4.31 Å². The highest BCUT2D eigenvalue weighted by molar-refractivity contribution is 7.93. The van der Waals surface area contributed by atoms with Crippen molar-refractivity contribution in [3.05, 3.63) is 80.0 Å². The minimum absolute atomic E-state index is 0.0263. The van der Waals surface area contributed by atoms with Gasteiger partial charge < -0.3 is 5.11 Å². The lowest BCUT2D eigenvalue weighted by atomic mass is 9.85. The van der Waals surface area contributed by atoms with Gasteiger partial charge in [0, 0.05) is 7.05 Å². The van der Waals surface area contributed by atoms with E-state index in [4.69, 9.17) is 23.2 Å². The first kappa shape index (κ1) is 23.9. The van der Waals surface area contributed by atoms with Crippen molar-refractivity contribution in [3.63, 3.8) is 0 Å². The van der Waals surface area contributed by atoms with Gasteiger partial charge in [-0.25, -0.2) is 8.42 Å². The molecule has 0 fully saturated rings. The van der Waals surface area contributed by atoms with Crippen LogP contribution in [0.4, 0.5) is 18.9 Å². The Kier molecular flexibility index (Phi) is 6.38. The molecule has 1 N–H and O–H groups in total. The molecule has 2 aromatic carbocycles. The molecule has 0 aliphatic heterocycles. The van der Waals surface area contributed by atoms with Crippen molar-refractivity contribution in [1.82, 2.24) is 0 Å². The van der Waals surface area contributed by atoms with Crippen LogP contribution in [-0.4, -0.2) is 26.7 Å². The lowest BCUT2D eigenvalue weighted by Crippen LogP contribution is -2.43. The summed E-state index contributed by atoms with van der Waals surface area (Å²) in [6.45, 7) is 1.45. The number of benzene rings is 2. The average Bonchev–Trinajstić information content (AvgIpc) is 3.05. The molecule has 0 amide bonds. The summed E-state index contributed by atoms with van der Waals surface area (Å²) in [6.07, 6.45) is -5.01. The Balaban J connectivity index is 2.09. The zero-order valence-electron chi connectivity index (χ0n) is 16.1. The topological polar surface area (TPSA) is 57.6 Å². The Bertz CT molecular complexity index is 1210. The molecule has 4 nitrogen and oxygen atoms in total. The molecule has 0 radical (unpaired) electrons. The quantitative estimate of drug-likeness (QED) is 0.459. The molecule has 0 saturated heterocycles. The van der Waals surface area contributed by atoms with E-state index in [0.717, 1.165) is 27.8 Å². The van der Waals surface area contributed by atoms with Gasteiger partial charge in [-0.05, 0) is 35.7 Å². The van der Waals surface area contributed by atoms with Crippen molar-refractivity contribution >= 4 is 50.2 Å². The normalized spacial score (nSPS) is 14.3. The molecule has 0 saturated carbocycles. The molecule has 0 aliphatic carbocycles. The highest BCUT2D eigenvalue weighted by atomic mass is 35.5. The number of thiophene rings is 1. The Morgan fingerprint density at radius 1 is 1.00 bits per heavy atom. The molecular weight excluding hydrogens is 494 g/mol. The fraction of sp³-hybridized carbons (Fsp3) is 0.200. The van der Waals surface area contributed by atoms with Crippen LogP contribution in [0, 0.1) is 6.92 Å². The molecule has 0 aliphatic rings.